The van der Waals surface area contributed by atoms with E-state index in [0.717, 1.165) is 28.0 Å². The summed E-state index contributed by atoms with van der Waals surface area (Å²) in [6.45, 7) is 0. The van der Waals surface area contributed by atoms with E-state index in [0.29, 0.717) is 12.8 Å². The number of thiophene rings is 1. The monoisotopic (exact) mass is 361 g/mol. The van der Waals surface area contributed by atoms with Gasteiger partial charge in [0.25, 0.3) is 0 Å². The number of carbonyl (C=O) groups excluding carboxylic acids is 1. The summed E-state index contributed by atoms with van der Waals surface area (Å²) in [7, 11) is 0. The Morgan fingerprint density at radius 3 is 2.62 bits per heavy atom. The zero-order chi connectivity index (χ0) is 17.8. The third-order valence-corrected chi connectivity index (χ3v) is 5.03. The van der Waals surface area contributed by atoms with Crippen molar-refractivity contribution in [2.45, 2.75) is 18.9 Å². The summed E-state index contributed by atoms with van der Waals surface area (Å²) >= 11 is 1.60. The van der Waals surface area contributed by atoms with Gasteiger partial charge >= 0.3 is 0 Å². The third kappa shape index (κ3) is 3.83. The van der Waals surface area contributed by atoms with Crippen LogP contribution in [0.15, 0.2) is 71.4 Å². The number of hydrogen-bond donors (Lipinski definition) is 2. The van der Waals surface area contributed by atoms with Crippen LogP contribution in [0, 0.1) is 0 Å². The first-order chi connectivity index (χ1) is 12.8. The highest BCUT2D eigenvalue weighted by Crippen LogP contribution is 2.20. The second-order valence-corrected chi connectivity index (χ2v) is 7.04. The van der Waals surface area contributed by atoms with Gasteiger partial charge in [-0.25, -0.2) is 4.98 Å². The minimum Gasteiger partial charge on any atom is -0.346 e. The topological polar surface area (TPSA) is 57.8 Å². The molecule has 0 aliphatic carbocycles. The average Bonchev–Trinajstić information content (AvgIpc) is 3.31. The van der Waals surface area contributed by atoms with Gasteiger partial charge in [-0.1, -0.05) is 42.5 Å². The van der Waals surface area contributed by atoms with Crippen LogP contribution in [-0.4, -0.2) is 15.9 Å². The fourth-order valence-electron chi connectivity index (χ4n) is 3.03. The zero-order valence-corrected chi connectivity index (χ0v) is 15.0. The molecular formula is C21H19N3OS. The summed E-state index contributed by atoms with van der Waals surface area (Å²) < 4.78 is 0. The first-order valence-corrected chi connectivity index (χ1v) is 9.51. The van der Waals surface area contributed by atoms with Gasteiger partial charge < -0.3 is 10.3 Å². The number of aromatic amines is 1. The molecule has 2 aromatic carbocycles. The highest BCUT2D eigenvalue weighted by atomic mass is 32.1. The summed E-state index contributed by atoms with van der Waals surface area (Å²) in [5, 5.41) is 7.15. The number of carbonyl (C=O) groups is 1. The maximum absolute atomic E-state index is 12.6. The number of nitrogens with zero attached hydrogens (tertiary/aromatic N) is 1. The van der Waals surface area contributed by atoms with Gasteiger partial charge in [-0.3, -0.25) is 4.79 Å². The Bertz CT molecular complexity index is 959. The summed E-state index contributed by atoms with van der Waals surface area (Å²) in [6.07, 6.45) is 1.07. The van der Waals surface area contributed by atoms with Crippen LogP contribution in [0.1, 0.15) is 23.0 Å². The maximum atomic E-state index is 12.6. The third-order valence-electron chi connectivity index (χ3n) is 4.30. The molecule has 0 fully saturated rings. The van der Waals surface area contributed by atoms with Gasteiger partial charge in [0.2, 0.25) is 5.91 Å². The summed E-state index contributed by atoms with van der Waals surface area (Å²) in [5.74, 6) is 0.790. The van der Waals surface area contributed by atoms with Crippen molar-refractivity contribution in [1.82, 2.24) is 15.3 Å². The number of aromatic nitrogens is 2. The molecule has 2 N–H and O–H groups in total. The van der Waals surface area contributed by atoms with Gasteiger partial charge in [0, 0.05) is 0 Å². The molecule has 1 amide bonds. The van der Waals surface area contributed by atoms with Gasteiger partial charge in [0.1, 0.15) is 5.82 Å². The van der Waals surface area contributed by atoms with E-state index < -0.39 is 0 Å². The molecule has 0 radical (unpaired) electrons. The lowest BCUT2D eigenvalue weighted by atomic mass is 10.0. The van der Waals surface area contributed by atoms with E-state index in [9.17, 15) is 4.79 Å². The average molecular weight is 361 g/mol. The molecule has 0 saturated heterocycles. The van der Waals surface area contributed by atoms with Crippen LogP contribution < -0.4 is 5.32 Å². The number of benzene rings is 2. The van der Waals surface area contributed by atoms with Crippen molar-refractivity contribution >= 4 is 28.3 Å². The number of nitrogens with one attached hydrogen (secondary N) is 2. The lowest BCUT2D eigenvalue weighted by molar-refractivity contribution is -0.121. The standard InChI is InChI=1S/C21H19N3OS/c25-20(13-16-10-11-26-14-16)22-19(12-15-6-2-1-3-7-15)21-23-17-8-4-5-9-18(17)24-21/h1-11,14,19H,12-13H2,(H,22,25)(H,23,24)/t19-/m1/s1. The number of amides is 1. The highest BCUT2D eigenvalue weighted by molar-refractivity contribution is 7.08. The molecule has 2 aromatic heterocycles. The number of hydrogen-bond acceptors (Lipinski definition) is 3. The summed E-state index contributed by atoms with van der Waals surface area (Å²) in [5.41, 5.74) is 4.09. The SMILES string of the molecule is O=C(Cc1ccsc1)N[C@H](Cc1ccccc1)c1nc2ccccc2[nH]1. The number of para-hydroxylation sites is 2. The summed E-state index contributed by atoms with van der Waals surface area (Å²) in [6, 6.07) is 19.9. The Balaban J connectivity index is 1.59. The van der Waals surface area contributed by atoms with E-state index >= 15 is 0 Å². The Hall–Kier alpha value is -2.92. The minimum absolute atomic E-state index is 0.00443. The van der Waals surface area contributed by atoms with Crippen LogP contribution in [0.2, 0.25) is 0 Å². The maximum Gasteiger partial charge on any atom is 0.225 e. The van der Waals surface area contributed by atoms with E-state index in [2.05, 4.69) is 22.4 Å². The molecule has 0 unspecified atom stereocenters. The van der Waals surface area contributed by atoms with Crippen LogP contribution >= 0.6 is 11.3 Å². The van der Waals surface area contributed by atoms with Crippen LogP contribution in [0.25, 0.3) is 11.0 Å². The fraction of sp³-hybridized carbons (Fsp3) is 0.143. The van der Waals surface area contributed by atoms with Crippen molar-refractivity contribution in [3.8, 4) is 0 Å². The molecule has 0 spiro atoms. The molecule has 1 atom stereocenters. The molecule has 26 heavy (non-hydrogen) atoms. The normalized spacial score (nSPS) is 12.2. The molecule has 0 aliphatic heterocycles. The smallest absolute Gasteiger partial charge is 0.225 e. The van der Waals surface area contributed by atoms with Gasteiger partial charge in [-0.2, -0.15) is 11.3 Å². The molecule has 0 saturated carbocycles. The largest absolute Gasteiger partial charge is 0.346 e. The highest BCUT2D eigenvalue weighted by Gasteiger charge is 2.19. The van der Waals surface area contributed by atoms with Crippen LogP contribution in [-0.2, 0) is 17.6 Å². The fourth-order valence-corrected chi connectivity index (χ4v) is 3.70. The van der Waals surface area contributed by atoms with Crippen molar-refractivity contribution < 1.29 is 4.79 Å². The second-order valence-electron chi connectivity index (χ2n) is 6.26. The van der Waals surface area contributed by atoms with Crippen LogP contribution in [0.3, 0.4) is 0 Å². The Morgan fingerprint density at radius 1 is 1.04 bits per heavy atom. The molecule has 0 bridgehead atoms. The molecule has 4 nitrogen and oxygen atoms in total. The Labute approximate surface area is 155 Å². The number of fused-ring (bicyclic) bond motifs is 1. The van der Waals surface area contributed by atoms with Crippen LogP contribution in [0.4, 0.5) is 0 Å². The second kappa shape index (κ2) is 7.54. The van der Waals surface area contributed by atoms with Gasteiger partial charge in [0.15, 0.2) is 0 Å². The molecule has 5 heteroatoms. The predicted molar refractivity (Wildman–Crippen MR) is 105 cm³/mol. The Morgan fingerprint density at radius 2 is 1.85 bits per heavy atom. The predicted octanol–water partition coefficient (Wildman–Crippen LogP) is 4.27. The lowest BCUT2D eigenvalue weighted by Gasteiger charge is -2.17. The molecule has 130 valence electrons. The van der Waals surface area contributed by atoms with Gasteiger partial charge in [-0.15, -0.1) is 0 Å². The van der Waals surface area contributed by atoms with Crippen molar-refractivity contribution in [2.75, 3.05) is 0 Å². The minimum atomic E-state index is -0.198. The molecule has 4 aromatic rings. The van der Waals surface area contributed by atoms with Crippen molar-refractivity contribution in [3.05, 3.63) is 88.4 Å². The number of rotatable bonds is 6. The Kier molecular flexibility index (Phi) is 4.80. The van der Waals surface area contributed by atoms with E-state index in [-0.39, 0.29) is 11.9 Å². The first kappa shape index (κ1) is 16.5. The molecule has 2 heterocycles. The van der Waals surface area contributed by atoms with E-state index in [4.69, 9.17) is 4.98 Å². The van der Waals surface area contributed by atoms with Crippen molar-refractivity contribution in [2.24, 2.45) is 0 Å². The van der Waals surface area contributed by atoms with Gasteiger partial charge in [0.05, 0.1) is 23.5 Å². The van der Waals surface area contributed by atoms with E-state index in [1.54, 1.807) is 11.3 Å². The number of H-pyrrole nitrogens is 1. The van der Waals surface area contributed by atoms with Crippen molar-refractivity contribution in [1.29, 1.82) is 0 Å². The zero-order valence-electron chi connectivity index (χ0n) is 14.2. The molecular weight excluding hydrogens is 342 g/mol. The van der Waals surface area contributed by atoms with Crippen molar-refractivity contribution in [3.63, 3.8) is 0 Å². The molecule has 4 rings (SSSR count). The quantitative estimate of drug-likeness (QED) is 0.539. The van der Waals surface area contributed by atoms with Crippen LogP contribution in [0.5, 0.6) is 0 Å². The number of imidazole rings is 1. The first-order valence-electron chi connectivity index (χ1n) is 8.57. The molecule has 0 aliphatic rings. The van der Waals surface area contributed by atoms with E-state index in [1.807, 2.05) is 59.3 Å². The lowest BCUT2D eigenvalue weighted by Crippen LogP contribution is -2.31. The summed E-state index contributed by atoms with van der Waals surface area (Å²) in [4.78, 5) is 20.6. The van der Waals surface area contributed by atoms with Gasteiger partial charge in [-0.05, 0) is 46.5 Å². The van der Waals surface area contributed by atoms with E-state index in [1.165, 1.54) is 0 Å².